The summed E-state index contributed by atoms with van der Waals surface area (Å²) in [5.41, 5.74) is 2.11. The summed E-state index contributed by atoms with van der Waals surface area (Å²) in [4.78, 5) is 36.3. The van der Waals surface area contributed by atoms with Crippen LogP contribution in [0.4, 0.5) is 0 Å². The Morgan fingerprint density at radius 1 is 1.26 bits per heavy atom. The molecule has 2 amide bonds. The number of benzene rings is 1. The zero-order valence-corrected chi connectivity index (χ0v) is 15.2. The van der Waals surface area contributed by atoms with Crippen molar-refractivity contribution >= 4 is 33.7 Å². The van der Waals surface area contributed by atoms with E-state index in [0.717, 1.165) is 15.6 Å². The van der Waals surface area contributed by atoms with Crippen molar-refractivity contribution in [3.05, 3.63) is 33.3 Å². The first kappa shape index (κ1) is 19.2. The standard InChI is InChI=1S/C16H21BrN2O4/c1-9-8-14(17)10(2)7-13(9)15(21)19(11(3)16(22)23)6-5-18-12(4)20/h7-8,11H,5-6H2,1-4H3,(H,18,20)(H,22,23). The number of nitrogens with zero attached hydrogens (tertiary/aromatic N) is 1. The molecule has 0 saturated heterocycles. The quantitative estimate of drug-likeness (QED) is 0.786. The van der Waals surface area contributed by atoms with Crippen LogP contribution < -0.4 is 5.32 Å². The third kappa shape index (κ3) is 5.06. The highest BCUT2D eigenvalue weighted by Crippen LogP contribution is 2.22. The molecule has 0 aliphatic carbocycles. The molecule has 0 aromatic heterocycles. The van der Waals surface area contributed by atoms with Gasteiger partial charge in [0.15, 0.2) is 0 Å². The van der Waals surface area contributed by atoms with Gasteiger partial charge in [-0.15, -0.1) is 0 Å². The molecule has 0 aliphatic rings. The molecule has 7 heteroatoms. The molecular formula is C16H21BrN2O4. The van der Waals surface area contributed by atoms with Gasteiger partial charge in [0.1, 0.15) is 6.04 Å². The van der Waals surface area contributed by atoms with E-state index >= 15 is 0 Å². The number of hydrogen-bond acceptors (Lipinski definition) is 3. The first-order valence-corrected chi connectivity index (χ1v) is 7.99. The molecule has 0 aliphatic heterocycles. The highest BCUT2D eigenvalue weighted by Gasteiger charge is 2.27. The van der Waals surface area contributed by atoms with Crippen molar-refractivity contribution in [2.45, 2.75) is 33.7 Å². The molecular weight excluding hydrogens is 364 g/mol. The van der Waals surface area contributed by atoms with Gasteiger partial charge < -0.3 is 15.3 Å². The predicted molar refractivity (Wildman–Crippen MR) is 90.4 cm³/mol. The SMILES string of the molecule is CC(=O)NCCN(C(=O)c1cc(C)c(Br)cc1C)C(C)C(=O)O. The second kappa shape index (κ2) is 8.10. The number of rotatable bonds is 6. The van der Waals surface area contributed by atoms with Crippen molar-refractivity contribution in [1.29, 1.82) is 0 Å². The average Bonchev–Trinajstić information content (AvgIpc) is 2.45. The molecule has 1 atom stereocenters. The van der Waals surface area contributed by atoms with E-state index in [2.05, 4.69) is 21.2 Å². The van der Waals surface area contributed by atoms with Gasteiger partial charge in [0.25, 0.3) is 5.91 Å². The Morgan fingerprint density at radius 2 is 1.87 bits per heavy atom. The zero-order chi connectivity index (χ0) is 17.7. The van der Waals surface area contributed by atoms with Crippen LogP contribution in [0.2, 0.25) is 0 Å². The molecule has 126 valence electrons. The largest absolute Gasteiger partial charge is 0.480 e. The lowest BCUT2D eigenvalue weighted by Gasteiger charge is -2.27. The van der Waals surface area contributed by atoms with Gasteiger partial charge in [-0.2, -0.15) is 0 Å². The van der Waals surface area contributed by atoms with Crippen LogP contribution in [0.25, 0.3) is 0 Å². The topological polar surface area (TPSA) is 86.7 Å². The second-order valence-electron chi connectivity index (χ2n) is 5.41. The molecule has 1 aromatic carbocycles. The van der Waals surface area contributed by atoms with Crippen molar-refractivity contribution in [3.8, 4) is 0 Å². The molecule has 0 radical (unpaired) electrons. The van der Waals surface area contributed by atoms with Crippen LogP contribution in [-0.4, -0.2) is 46.9 Å². The van der Waals surface area contributed by atoms with Crippen LogP contribution in [0.3, 0.4) is 0 Å². The minimum Gasteiger partial charge on any atom is -0.480 e. The molecule has 1 aromatic rings. The molecule has 2 N–H and O–H groups in total. The average molecular weight is 385 g/mol. The molecule has 1 rings (SSSR count). The van der Waals surface area contributed by atoms with Gasteiger partial charge in [0.2, 0.25) is 5.91 Å². The van der Waals surface area contributed by atoms with Crippen LogP contribution >= 0.6 is 15.9 Å². The summed E-state index contributed by atoms with van der Waals surface area (Å²) in [5, 5.41) is 11.8. The van der Waals surface area contributed by atoms with Gasteiger partial charge in [0.05, 0.1) is 0 Å². The maximum absolute atomic E-state index is 12.8. The normalized spacial score (nSPS) is 11.7. The van der Waals surface area contributed by atoms with Gasteiger partial charge in [-0.05, 0) is 44.0 Å². The van der Waals surface area contributed by atoms with E-state index in [4.69, 9.17) is 0 Å². The Hall–Kier alpha value is -1.89. The first-order valence-electron chi connectivity index (χ1n) is 7.20. The number of aliphatic carboxylic acids is 1. The van der Waals surface area contributed by atoms with Crippen LogP contribution in [0.5, 0.6) is 0 Å². The van der Waals surface area contributed by atoms with Crippen LogP contribution in [0.15, 0.2) is 16.6 Å². The lowest BCUT2D eigenvalue weighted by Crippen LogP contribution is -2.47. The number of carboxylic acids is 1. The van der Waals surface area contributed by atoms with Gasteiger partial charge >= 0.3 is 5.97 Å². The van der Waals surface area contributed by atoms with Crippen molar-refractivity contribution < 1.29 is 19.5 Å². The van der Waals surface area contributed by atoms with E-state index in [1.807, 2.05) is 13.0 Å². The van der Waals surface area contributed by atoms with E-state index in [9.17, 15) is 19.5 Å². The predicted octanol–water partition coefficient (Wildman–Crippen LogP) is 2.12. The van der Waals surface area contributed by atoms with Crippen LogP contribution in [0, 0.1) is 13.8 Å². The summed E-state index contributed by atoms with van der Waals surface area (Å²) in [7, 11) is 0. The molecule has 23 heavy (non-hydrogen) atoms. The minimum absolute atomic E-state index is 0.125. The van der Waals surface area contributed by atoms with E-state index in [-0.39, 0.29) is 24.9 Å². The summed E-state index contributed by atoms with van der Waals surface area (Å²) >= 11 is 3.41. The molecule has 0 spiro atoms. The minimum atomic E-state index is -1.09. The fraction of sp³-hybridized carbons (Fsp3) is 0.438. The summed E-state index contributed by atoms with van der Waals surface area (Å²) in [6.07, 6.45) is 0. The van der Waals surface area contributed by atoms with E-state index in [0.29, 0.717) is 5.56 Å². The summed E-state index contributed by atoms with van der Waals surface area (Å²) in [6.45, 7) is 6.81. The summed E-state index contributed by atoms with van der Waals surface area (Å²) in [6, 6.07) is 2.58. The highest BCUT2D eigenvalue weighted by atomic mass is 79.9. The Kier molecular flexibility index (Phi) is 6.75. The Bertz CT molecular complexity index is 631. The fourth-order valence-corrected chi connectivity index (χ4v) is 2.58. The molecule has 6 nitrogen and oxygen atoms in total. The smallest absolute Gasteiger partial charge is 0.326 e. The Balaban J connectivity index is 3.10. The number of carboxylic acid groups (broad SMARTS) is 1. The lowest BCUT2D eigenvalue weighted by molar-refractivity contribution is -0.141. The molecule has 0 fully saturated rings. The van der Waals surface area contributed by atoms with Crippen molar-refractivity contribution in [2.24, 2.45) is 0 Å². The van der Waals surface area contributed by atoms with Crippen LogP contribution in [-0.2, 0) is 9.59 Å². The van der Waals surface area contributed by atoms with Gasteiger partial charge in [-0.3, -0.25) is 9.59 Å². The third-order valence-electron chi connectivity index (χ3n) is 3.55. The molecule has 0 heterocycles. The fourth-order valence-electron chi connectivity index (χ4n) is 2.12. The number of amides is 2. The zero-order valence-electron chi connectivity index (χ0n) is 13.6. The molecule has 0 saturated carbocycles. The number of aryl methyl sites for hydroxylation is 2. The highest BCUT2D eigenvalue weighted by molar-refractivity contribution is 9.10. The van der Waals surface area contributed by atoms with E-state index < -0.39 is 12.0 Å². The number of halogens is 1. The number of nitrogens with one attached hydrogen (secondary N) is 1. The molecule has 1 unspecified atom stereocenters. The summed E-state index contributed by atoms with van der Waals surface area (Å²) < 4.78 is 0.891. The number of carbonyl (C=O) groups excluding carboxylic acids is 2. The maximum Gasteiger partial charge on any atom is 0.326 e. The second-order valence-corrected chi connectivity index (χ2v) is 6.27. The van der Waals surface area contributed by atoms with Crippen LogP contribution in [0.1, 0.15) is 35.3 Å². The monoisotopic (exact) mass is 384 g/mol. The molecule has 0 bridgehead atoms. The number of carbonyl (C=O) groups is 3. The third-order valence-corrected chi connectivity index (χ3v) is 4.40. The van der Waals surface area contributed by atoms with E-state index in [1.54, 1.807) is 13.0 Å². The van der Waals surface area contributed by atoms with Gasteiger partial charge in [-0.1, -0.05) is 15.9 Å². The van der Waals surface area contributed by atoms with Crippen molar-refractivity contribution in [1.82, 2.24) is 10.2 Å². The van der Waals surface area contributed by atoms with Gasteiger partial charge in [-0.25, -0.2) is 4.79 Å². The summed E-state index contributed by atoms with van der Waals surface area (Å²) in [5.74, 6) is -1.68. The van der Waals surface area contributed by atoms with E-state index in [1.165, 1.54) is 18.7 Å². The van der Waals surface area contributed by atoms with Crippen molar-refractivity contribution in [3.63, 3.8) is 0 Å². The Labute approximate surface area is 144 Å². The number of hydrogen-bond donors (Lipinski definition) is 2. The van der Waals surface area contributed by atoms with Crippen molar-refractivity contribution in [2.75, 3.05) is 13.1 Å². The maximum atomic E-state index is 12.8. The lowest BCUT2D eigenvalue weighted by atomic mass is 10.0. The Morgan fingerprint density at radius 3 is 2.39 bits per heavy atom. The van der Waals surface area contributed by atoms with Gasteiger partial charge in [0, 0.05) is 30.0 Å². The first-order chi connectivity index (χ1) is 10.6.